The van der Waals surface area contributed by atoms with Gasteiger partial charge in [0.15, 0.2) is 11.5 Å². The van der Waals surface area contributed by atoms with Crippen LogP contribution in [0.4, 0.5) is 0 Å². The number of hydrogen-bond donors (Lipinski definition) is 2. The number of ether oxygens (including phenoxy) is 2. The van der Waals surface area contributed by atoms with Gasteiger partial charge < -0.3 is 29.5 Å². The van der Waals surface area contributed by atoms with Crippen LogP contribution in [0.15, 0.2) is 48.0 Å². The van der Waals surface area contributed by atoms with Gasteiger partial charge in [-0.1, -0.05) is 12.1 Å². The van der Waals surface area contributed by atoms with Crippen molar-refractivity contribution in [2.45, 2.75) is 12.5 Å². The second kappa shape index (κ2) is 8.92. The van der Waals surface area contributed by atoms with E-state index in [9.17, 15) is 19.8 Å². The van der Waals surface area contributed by atoms with Gasteiger partial charge in [0.1, 0.15) is 24.7 Å². The molecule has 2 aromatic carbocycles. The Bertz CT molecular complexity index is 1060. The molecule has 0 aliphatic carbocycles. The smallest absolute Gasteiger partial charge is 0.295 e. The standard InChI is InChI=1S/C24H26N2O6/c1-25(2)10-3-11-26-21(15-4-7-17(27)8-5-15)20(23(29)24(26)30)22(28)16-6-9-18-19(14-16)32-13-12-31-18/h4-9,14,21,27-28H,3,10-13H2,1-2H3/b22-20+. The fraction of sp³-hybridized carbons (Fsp3) is 0.333. The number of aromatic hydroxyl groups is 1. The number of carbonyl (C=O) groups is 2. The molecule has 168 valence electrons. The lowest BCUT2D eigenvalue weighted by Gasteiger charge is -2.26. The van der Waals surface area contributed by atoms with Gasteiger partial charge >= 0.3 is 0 Å². The monoisotopic (exact) mass is 438 g/mol. The summed E-state index contributed by atoms with van der Waals surface area (Å²) in [4.78, 5) is 29.5. The molecular weight excluding hydrogens is 412 g/mol. The van der Waals surface area contributed by atoms with Crippen molar-refractivity contribution in [1.82, 2.24) is 9.80 Å². The third-order valence-electron chi connectivity index (χ3n) is 5.57. The Kier molecular flexibility index (Phi) is 6.05. The molecule has 1 fully saturated rings. The molecule has 1 unspecified atom stereocenters. The summed E-state index contributed by atoms with van der Waals surface area (Å²) in [7, 11) is 3.88. The van der Waals surface area contributed by atoms with E-state index in [1.54, 1.807) is 30.3 Å². The highest BCUT2D eigenvalue weighted by Crippen LogP contribution is 2.41. The minimum Gasteiger partial charge on any atom is -0.508 e. The van der Waals surface area contributed by atoms with Crippen molar-refractivity contribution in [3.05, 3.63) is 59.2 Å². The van der Waals surface area contributed by atoms with E-state index >= 15 is 0 Å². The van der Waals surface area contributed by atoms with Crippen molar-refractivity contribution in [2.75, 3.05) is 40.4 Å². The third-order valence-corrected chi connectivity index (χ3v) is 5.57. The summed E-state index contributed by atoms with van der Waals surface area (Å²) < 4.78 is 11.1. The molecule has 32 heavy (non-hydrogen) atoms. The van der Waals surface area contributed by atoms with Gasteiger partial charge in [0.25, 0.3) is 11.7 Å². The number of hydrogen-bond acceptors (Lipinski definition) is 7. The van der Waals surface area contributed by atoms with Crippen molar-refractivity contribution in [2.24, 2.45) is 0 Å². The van der Waals surface area contributed by atoms with Crippen LogP contribution in [0.1, 0.15) is 23.6 Å². The zero-order valence-electron chi connectivity index (χ0n) is 18.1. The van der Waals surface area contributed by atoms with E-state index in [0.717, 1.165) is 6.54 Å². The second-order valence-corrected chi connectivity index (χ2v) is 8.10. The molecule has 1 saturated heterocycles. The van der Waals surface area contributed by atoms with Gasteiger partial charge in [0.2, 0.25) is 0 Å². The van der Waals surface area contributed by atoms with Crippen LogP contribution in [-0.2, 0) is 9.59 Å². The number of rotatable bonds is 6. The van der Waals surface area contributed by atoms with Crippen LogP contribution < -0.4 is 9.47 Å². The Balaban J connectivity index is 1.77. The fourth-order valence-corrected chi connectivity index (χ4v) is 4.02. The molecular formula is C24H26N2O6. The predicted octanol–water partition coefficient (Wildman–Crippen LogP) is 2.54. The minimum atomic E-state index is -0.758. The molecule has 1 amide bonds. The average molecular weight is 438 g/mol. The van der Waals surface area contributed by atoms with Crippen LogP contribution in [0.2, 0.25) is 0 Å². The molecule has 4 rings (SSSR count). The van der Waals surface area contributed by atoms with E-state index in [1.807, 2.05) is 19.0 Å². The number of phenols is 1. The van der Waals surface area contributed by atoms with Crippen LogP contribution in [0.25, 0.3) is 5.76 Å². The van der Waals surface area contributed by atoms with Crippen molar-refractivity contribution < 1.29 is 29.3 Å². The van der Waals surface area contributed by atoms with E-state index in [0.29, 0.717) is 48.8 Å². The number of carbonyl (C=O) groups excluding carboxylic acids is 2. The van der Waals surface area contributed by atoms with E-state index in [-0.39, 0.29) is 17.1 Å². The maximum atomic E-state index is 13.0. The van der Waals surface area contributed by atoms with Gasteiger partial charge in [0.05, 0.1) is 11.6 Å². The Morgan fingerprint density at radius 1 is 1.06 bits per heavy atom. The summed E-state index contributed by atoms with van der Waals surface area (Å²) >= 11 is 0. The molecule has 0 spiro atoms. The SMILES string of the molecule is CN(C)CCCN1C(=O)C(=O)/C(=C(/O)c2ccc3c(c2)OCCO3)C1c1ccc(O)cc1. The lowest BCUT2D eigenvalue weighted by Crippen LogP contribution is -2.32. The van der Waals surface area contributed by atoms with Gasteiger partial charge in [-0.05, 0) is 63.0 Å². The molecule has 0 aromatic heterocycles. The molecule has 8 heteroatoms. The Morgan fingerprint density at radius 3 is 2.44 bits per heavy atom. The lowest BCUT2D eigenvalue weighted by molar-refractivity contribution is -0.139. The Labute approximate surface area is 186 Å². The summed E-state index contributed by atoms with van der Waals surface area (Å²) in [6, 6.07) is 10.5. The fourth-order valence-electron chi connectivity index (χ4n) is 4.02. The molecule has 2 N–H and O–H groups in total. The summed E-state index contributed by atoms with van der Waals surface area (Å²) in [6.07, 6.45) is 0.665. The van der Waals surface area contributed by atoms with E-state index < -0.39 is 17.7 Å². The first kappa shape index (κ1) is 21.7. The molecule has 8 nitrogen and oxygen atoms in total. The highest BCUT2D eigenvalue weighted by Gasteiger charge is 2.45. The lowest BCUT2D eigenvalue weighted by atomic mass is 9.95. The summed E-state index contributed by atoms with van der Waals surface area (Å²) in [5.41, 5.74) is 1.01. The Morgan fingerprint density at radius 2 is 1.75 bits per heavy atom. The molecule has 2 heterocycles. The first-order valence-electron chi connectivity index (χ1n) is 10.5. The number of ketones is 1. The molecule has 0 bridgehead atoms. The van der Waals surface area contributed by atoms with Gasteiger partial charge in [0, 0.05) is 12.1 Å². The van der Waals surface area contributed by atoms with E-state index in [2.05, 4.69) is 0 Å². The largest absolute Gasteiger partial charge is 0.508 e. The number of amides is 1. The highest BCUT2D eigenvalue weighted by molar-refractivity contribution is 6.46. The number of nitrogens with zero attached hydrogens (tertiary/aromatic N) is 2. The second-order valence-electron chi connectivity index (χ2n) is 8.10. The normalized spacial score (nSPS) is 19.6. The van der Waals surface area contributed by atoms with Crippen molar-refractivity contribution >= 4 is 17.4 Å². The average Bonchev–Trinajstić information content (AvgIpc) is 3.03. The number of phenolic OH excluding ortho intramolecular Hbond substituents is 1. The van der Waals surface area contributed by atoms with Crippen LogP contribution in [0.3, 0.4) is 0 Å². The zero-order chi connectivity index (χ0) is 22.8. The minimum absolute atomic E-state index is 0.0159. The van der Waals surface area contributed by atoms with Crippen molar-refractivity contribution in [3.63, 3.8) is 0 Å². The first-order valence-corrected chi connectivity index (χ1v) is 10.5. The molecule has 0 saturated carbocycles. The molecule has 2 aromatic rings. The maximum absolute atomic E-state index is 13.0. The molecule has 1 atom stereocenters. The zero-order valence-corrected chi connectivity index (χ0v) is 18.1. The molecule has 0 radical (unpaired) electrons. The van der Waals surface area contributed by atoms with Crippen molar-refractivity contribution in [1.29, 1.82) is 0 Å². The Hall–Kier alpha value is -3.52. The summed E-state index contributed by atoms with van der Waals surface area (Å²) in [5.74, 6) is -0.548. The number of aliphatic hydroxyl groups is 1. The van der Waals surface area contributed by atoms with Crippen LogP contribution >= 0.6 is 0 Å². The molecule has 2 aliphatic rings. The highest BCUT2D eigenvalue weighted by atomic mass is 16.6. The predicted molar refractivity (Wildman–Crippen MR) is 118 cm³/mol. The number of aliphatic hydroxyl groups excluding tert-OH is 1. The topological polar surface area (TPSA) is 99.5 Å². The van der Waals surface area contributed by atoms with Crippen LogP contribution in [0.5, 0.6) is 17.2 Å². The number of likely N-dealkylation sites (tertiary alicyclic amines) is 1. The number of fused-ring (bicyclic) bond motifs is 1. The third kappa shape index (κ3) is 4.13. The first-order chi connectivity index (χ1) is 15.4. The summed E-state index contributed by atoms with van der Waals surface area (Å²) in [5, 5.41) is 20.9. The molecule has 2 aliphatic heterocycles. The van der Waals surface area contributed by atoms with Crippen molar-refractivity contribution in [3.8, 4) is 17.2 Å². The van der Waals surface area contributed by atoms with Crippen LogP contribution in [-0.4, -0.2) is 72.1 Å². The van der Waals surface area contributed by atoms with Crippen LogP contribution in [0, 0.1) is 0 Å². The maximum Gasteiger partial charge on any atom is 0.295 e. The van der Waals surface area contributed by atoms with E-state index in [4.69, 9.17) is 9.47 Å². The van der Waals surface area contributed by atoms with Gasteiger partial charge in [-0.3, -0.25) is 9.59 Å². The van der Waals surface area contributed by atoms with Gasteiger partial charge in [-0.15, -0.1) is 0 Å². The van der Waals surface area contributed by atoms with Gasteiger partial charge in [-0.25, -0.2) is 0 Å². The van der Waals surface area contributed by atoms with Gasteiger partial charge in [-0.2, -0.15) is 0 Å². The quantitative estimate of drug-likeness (QED) is 0.406. The number of benzene rings is 2. The summed E-state index contributed by atoms with van der Waals surface area (Å²) in [6.45, 7) is 1.93. The van der Waals surface area contributed by atoms with E-state index in [1.165, 1.54) is 17.0 Å². The number of Topliss-reactive ketones (excluding diaryl/α,β-unsaturated/α-hetero) is 1.